The summed E-state index contributed by atoms with van der Waals surface area (Å²) < 4.78 is 19.7. The van der Waals surface area contributed by atoms with Gasteiger partial charge in [0.15, 0.2) is 0 Å². The van der Waals surface area contributed by atoms with E-state index in [2.05, 4.69) is 31.3 Å². The van der Waals surface area contributed by atoms with Crippen molar-refractivity contribution in [1.82, 2.24) is 19.9 Å². The number of rotatable bonds is 6. The molecule has 142 valence electrons. The molecule has 4 aromatic heterocycles. The van der Waals surface area contributed by atoms with Crippen molar-refractivity contribution < 1.29 is 9.13 Å². The number of nitrogens with zero attached hydrogens (tertiary/aromatic N) is 3. The highest BCUT2D eigenvalue weighted by atomic mass is 19.1. The topological polar surface area (TPSA) is 75.7 Å². The number of hydrogen-bond donors (Lipinski definition) is 2. The lowest BCUT2D eigenvalue weighted by Crippen LogP contribution is -2.04. The van der Waals surface area contributed by atoms with Gasteiger partial charge < -0.3 is 15.0 Å². The lowest BCUT2D eigenvalue weighted by Gasteiger charge is -2.09. The predicted molar refractivity (Wildman–Crippen MR) is 106 cm³/mol. The van der Waals surface area contributed by atoms with Crippen molar-refractivity contribution in [1.29, 1.82) is 0 Å². The summed E-state index contributed by atoms with van der Waals surface area (Å²) >= 11 is 0. The average Bonchev–Trinajstić information content (AvgIpc) is 3.10. The van der Waals surface area contributed by atoms with E-state index >= 15 is 0 Å². The summed E-state index contributed by atoms with van der Waals surface area (Å²) in [7, 11) is 1.57. The number of aryl methyl sites for hydroxylation is 1. The summed E-state index contributed by atoms with van der Waals surface area (Å²) in [5.41, 5.74) is 4.38. The zero-order chi connectivity index (χ0) is 19.5. The van der Waals surface area contributed by atoms with Gasteiger partial charge in [-0.2, -0.15) is 4.39 Å². The molecule has 0 saturated heterocycles. The number of fused-ring (bicyclic) bond motifs is 1. The van der Waals surface area contributed by atoms with Crippen LogP contribution in [-0.2, 0) is 13.0 Å². The number of pyridine rings is 3. The molecule has 4 heterocycles. The smallest absolute Gasteiger partial charge is 0.218 e. The summed E-state index contributed by atoms with van der Waals surface area (Å²) in [6, 6.07) is 9.30. The van der Waals surface area contributed by atoms with E-state index in [4.69, 9.17) is 4.74 Å². The summed E-state index contributed by atoms with van der Waals surface area (Å²) in [6.45, 7) is 2.49. The van der Waals surface area contributed by atoms with E-state index < -0.39 is 5.95 Å². The maximum atomic E-state index is 14.6. The Morgan fingerprint density at radius 3 is 2.86 bits per heavy atom. The molecule has 0 fully saturated rings. The minimum Gasteiger partial charge on any atom is -0.481 e. The number of H-pyrrole nitrogens is 1. The van der Waals surface area contributed by atoms with Gasteiger partial charge in [0, 0.05) is 48.6 Å². The normalized spacial score (nSPS) is 11.0. The number of hydrogen-bond acceptors (Lipinski definition) is 5. The lowest BCUT2D eigenvalue weighted by molar-refractivity contribution is 0.397. The van der Waals surface area contributed by atoms with E-state index in [0.29, 0.717) is 30.2 Å². The maximum absolute atomic E-state index is 14.6. The largest absolute Gasteiger partial charge is 0.481 e. The first kappa shape index (κ1) is 17.9. The Hall–Kier alpha value is -3.48. The number of aromatic nitrogens is 4. The van der Waals surface area contributed by atoms with Crippen LogP contribution in [0.25, 0.3) is 11.0 Å². The Kier molecular flexibility index (Phi) is 4.89. The summed E-state index contributed by atoms with van der Waals surface area (Å²) in [5.74, 6) is 0.540. The zero-order valence-electron chi connectivity index (χ0n) is 15.7. The number of ether oxygens (including phenoxy) is 1. The van der Waals surface area contributed by atoms with Gasteiger partial charge >= 0.3 is 0 Å². The zero-order valence-corrected chi connectivity index (χ0v) is 15.7. The molecule has 0 spiro atoms. The van der Waals surface area contributed by atoms with Crippen LogP contribution in [0.4, 0.5) is 10.2 Å². The SMILES string of the molecule is COc1cc(CNc2ccc(Cc3c[nH]c4ncc(C)cc34)c(F)n2)ccn1. The molecule has 0 aliphatic heterocycles. The van der Waals surface area contributed by atoms with Crippen molar-refractivity contribution in [2.75, 3.05) is 12.4 Å². The van der Waals surface area contributed by atoms with Crippen LogP contribution in [0.5, 0.6) is 5.88 Å². The van der Waals surface area contributed by atoms with Crippen LogP contribution in [0.15, 0.2) is 48.9 Å². The number of nitrogens with one attached hydrogen (secondary N) is 2. The second-order valence-electron chi connectivity index (χ2n) is 6.61. The van der Waals surface area contributed by atoms with Crippen molar-refractivity contribution in [3.63, 3.8) is 0 Å². The second-order valence-corrected chi connectivity index (χ2v) is 6.61. The average molecular weight is 377 g/mol. The van der Waals surface area contributed by atoms with E-state index in [-0.39, 0.29) is 0 Å². The number of aromatic amines is 1. The molecule has 2 N–H and O–H groups in total. The standard InChI is InChI=1S/C21H20FN5O/c1-13-7-17-16(12-26-21(17)25-10-13)9-15-3-4-18(27-20(15)22)24-11-14-5-6-23-19(8-14)28-2/h3-8,10,12H,9,11H2,1-2H3,(H,24,27)(H,25,26). The van der Waals surface area contributed by atoms with Gasteiger partial charge in [0.05, 0.1) is 7.11 Å². The molecule has 0 saturated carbocycles. The first-order valence-electron chi connectivity index (χ1n) is 8.93. The first-order valence-corrected chi connectivity index (χ1v) is 8.93. The summed E-state index contributed by atoms with van der Waals surface area (Å²) in [5, 5.41) is 4.13. The lowest BCUT2D eigenvalue weighted by atomic mass is 10.1. The summed E-state index contributed by atoms with van der Waals surface area (Å²) in [6.07, 6.45) is 5.81. The van der Waals surface area contributed by atoms with Crippen LogP contribution in [0.3, 0.4) is 0 Å². The molecule has 0 radical (unpaired) electrons. The molecule has 4 rings (SSSR count). The van der Waals surface area contributed by atoms with Crippen molar-refractivity contribution in [2.45, 2.75) is 19.9 Å². The predicted octanol–water partition coefficient (Wildman–Crippen LogP) is 4.01. The fourth-order valence-electron chi connectivity index (χ4n) is 3.07. The van der Waals surface area contributed by atoms with Crippen LogP contribution in [-0.4, -0.2) is 27.0 Å². The van der Waals surface area contributed by atoms with Crippen LogP contribution >= 0.6 is 0 Å². The molecule has 0 amide bonds. The van der Waals surface area contributed by atoms with E-state index in [1.165, 1.54) is 0 Å². The Balaban J connectivity index is 1.48. The van der Waals surface area contributed by atoms with Gasteiger partial charge in [-0.1, -0.05) is 6.07 Å². The van der Waals surface area contributed by atoms with Crippen molar-refractivity contribution in [3.8, 4) is 5.88 Å². The number of anilines is 1. The van der Waals surface area contributed by atoms with Crippen molar-refractivity contribution in [3.05, 3.63) is 77.1 Å². The third kappa shape index (κ3) is 3.78. The Bertz CT molecular complexity index is 1120. The molecule has 0 aromatic carbocycles. The Labute approximate surface area is 161 Å². The number of methoxy groups -OCH3 is 1. The first-order chi connectivity index (χ1) is 13.6. The Morgan fingerprint density at radius 2 is 2.04 bits per heavy atom. The highest BCUT2D eigenvalue weighted by Crippen LogP contribution is 2.22. The minimum atomic E-state index is -0.479. The molecule has 4 aromatic rings. The maximum Gasteiger partial charge on any atom is 0.218 e. The van der Waals surface area contributed by atoms with Gasteiger partial charge in [-0.25, -0.2) is 15.0 Å². The van der Waals surface area contributed by atoms with Crippen LogP contribution in [0.2, 0.25) is 0 Å². The Morgan fingerprint density at radius 1 is 1.14 bits per heavy atom. The fourth-order valence-corrected chi connectivity index (χ4v) is 3.07. The monoisotopic (exact) mass is 377 g/mol. The van der Waals surface area contributed by atoms with Crippen LogP contribution in [0, 0.1) is 12.9 Å². The molecule has 0 aliphatic rings. The van der Waals surface area contributed by atoms with E-state index in [0.717, 1.165) is 27.7 Å². The molecule has 0 bridgehead atoms. The quantitative estimate of drug-likeness (QED) is 0.497. The van der Waals surface area contributed by atoms with Crippen LogP contribution in [0.1, 0.15) is 22.3 Å². The molecule has 6 nitrogen and oxygen atoms in total. The minimum absolute atomic E-state index is 0.450. The molecule has 0 atom stereocenters. The van der Waals surface area contributed by atoms with E-state index in [9.17, 15) is 4.39 Å². The summed E-state index contributed by atoms with van der Waals surface area (Å²) in [4.78, 5) is 15.6. The van der Waals surface area contributed by atoms with Gasteiger partial charge in [-0.15, -0.1) is 0 Å². The fraction of sp³-hybridized carbons (Fsp3) is 0.190. The van der Waals surface area contributed by atoms with Gasteiger partial charge in [0.25, 0.3) is 0 Å². The van der Waals surface area contributed by atoms with Gasteiger partial charge in [0.1, 0.15) is 11.5 Å². The molecule has 28 heavy (non-hydrogen) atoms. The number of halogens is 1. The van der Waals surface area contributed by atoms with Gasteiger partial charge in [0.2, 0.25) is 11.8 Å². The van der Waals surface area contributed by atoms with E-state index in [1.807, 2.05) is 31.5 Å². The van der Waals surface area contributed by atoms with Gasteiger partial charge in [-0.05, 0) is 41.8 Å². The molecule has 7 heteroatoms. The molecular formula is C21H20FN5O. The highest BCUT2D eigenvalue weighted by Gasteiger charge is 2.11. The highest BCUT2D eigenvalue weighted by molar-refractivity contribution is 5.80. The third-order valence-electron chi connectivity index (χ3n) is 4.54. The van der Waals surface area contributed by atoms with E-state index in [1.54, 1.807) is 25.4 Å². The second kappa shape index (κ2) is 7.64. The van der Waals surface area contributed by atoms with Crippen LogP contribution < -0.4 is 10.1 Å². The molecular weight excluding hydrogens is 357 g/mol. The van der Waals surface area contributed by atoms with Gasteiger partial charge in [-0.3, -0.25) is 0 Å². The third-order valence-corrected chi connectivity index (χ3v) is 4.54. The van der Waals surface area contributed by atoms with Crippen molar-refractivity contribution in [2.24, 2.45) is 0 Å². The van der Waals surface area contributed by atoms with Crippen molar-refractivity contribution >= 4 is 16.9 Å². The molecule has 0 aliphatic carbocycles. The molecule has 0 unspecified atom stereocenters.